The van der Waals surface area contributed by atoms with Crippen LogP contribution in [0.5, 0.6) is 23.0 Å². The highest BCUT2D eigenvalue weighted by Crippen LogP contribution is 2.46. The number of amides is 1. The van der Waals surface area contributed by atoms with E-state index in [4.69, 9.17) is 30.5 Å². The highest BCUT2D eigenvalue weighted by Gasteiger charge is 2.46. The number of ketones is 1. The van der Waals surface area contributed by atoms with E-state index in [0.717, 1.165) is 0 Å². The lowest BCUT2D eigenvalue weighted by molar-refractivity contribution is -0.139. The van der Waals surface area contributed by atoms with E-state index in [9.17, 15) is 14.7 Å². The second-order valence-corrected chi connectivity index (χ2v) is 9.09. The van der Waals surface area contributed by atoms with E-state index >= 15 is 0 Å². The molecule has 0 radical (unpaired) electrons. The zero-order valence-corrected chi connectivity index (χ0v) is 22.9. The second-order valence-electron chi connectivity index (χ2n) is 8.68. The largest absolute Gasteiger partial charge is 0.507 e. The van der Waals surface area contributed by atoms with Gasteiger partial charge < -0.3 is 33.5 Å². The average molecular weight is 556 g/mol. The molecule has 206 valence electrons. The van der Waals surface area contributed by atoms with Crippen molar-refractivity contribution in [1.82, 2.24) is 14.5 Å². The quantitative estimate of drug-likeness (QED) is 0.209. The van der Waals surface area contributed by atoms with Gasteiger partial charge in [0.15, 0.2) is 11.5 Å². The highest BCUT2D eigenvalue weighted by molar-refractivity contribution is 6.46. The first-order valence-corrected chi connectivity index (χ1v) is 12.7. The summed E-state index contributed by atoms with van der Waals surface area (Å²) in [4.78, 5) is 32.3. The fourth-order valence-corrected chi connectivity index (χ4v) is 4.87. The molecule has 1 aliphatic rings. The summed E-state index contributed by atoms with van der Waals surface area (Å²) in [6.45, 7) is 3.07. The molecule has 1 amide bonds. The molecule has 0 bridgehead atoms. The summed E-state index contributed by atoms with van der Waals surface area (Å²) in [6.07, 6.45) is 5.71. The van der Waals surface area contributed by atoms with Gasteiger partial charge in [-0.15, -0.1) is 0 Å². The molecular weight excluding hydrogens is 526 g/mol. The van der Waals surface area contributed by atoms with Gasteiger partial charge in [0, 0.05) is 31.0 Å². The molecule has 1 aliphatic heterocycles. The number of carbonyl (C=O) groups is 2. The smallest absolute Gasteiger partial charge is 0.295 e. The number of hydrogen-bond donors (Lipinski definition) is 1. The number of likely N-dealkylation sites (tertiary alicyclic amines) is 1. The predicted molar refractivity (Wildman–Crippen MR) is 145 cm³/mol. The first-order valence-electron chi connectivity index (χ1n) is 12.3. The first kappa shape index (κ1) is 27.8. The fourth-order valence-electron chi connectivity index (χ4n) is 4.64. The van der Waals surface area contributed by atoms with Crippen molar-refractivity contribution >= 4 is 29.1 Å². The lowest BCUT2D eigenvalue weighted by Gasteiger charge is -2.26. The van der Waals surface area contributed by atoms with E-state index < -0.39 is 17.7 Å². The average Bonchev–Trinajstić information content (AvgIpc) is 3.55. The molecule has 1 saturated heterocycles. The van der Waals surface area contributed by atoms with Gasteiger partial charge in [0.25, 0.3) is 11.7 Å². The molecule has 2 aromatic carbocycles. The van der Waals surface area contributed by atoms with Crippen LogP contribution in [0.1, 0.15) is 30.5 Å². The van der Waals surface area contributed by atoms with Crippen LogP contribution in [0.3, 0.4) is 0 Å². The maximum atomic E-state index is 13.4. The molecule has 1 fully saturated rings. The molecule has 11 heteroatoms. The number of rotatable bonds is 11. The van der Waals surface area contributed by atoms with Crippen molar-refractivity contribution in [2.24, 2.45) is 0 Å². The molecule has 4 rings (SSSR count). The van der Waals surface area contributed by atoms with Gasteiger partial charge in [0.05, 0.1) is 50.9 Å². The Morgan fingerprint density at radius 1 is 1.03 bits per heavy atom. The van der Waals surface area contributed by atoms with Crippen molar-refractivity contribution in [3.05, 3.63) is 70.8 Å². The van der Waals surface area contributed by atoms with Crippen molar-refractivity contribution in [2.75, 3.05) is 34.5 Å². The van der Waals surface area contributed by atoms with Gasteiger partial charge in [-0.25, -0.2) is 4.98 Å². The standard InChI is InChI=1S/C28H30ClN3O7/c1-5-39-20-8-7-17(13-19(20)29)25(33)23-24(18-14-21(36-2)27(38-4)22(15-18)37-3)32(28(35)26(23)34)11-6-10-31-12-9-30-16-31/h7-9,12-16,24,33H,5-6,10-11H2,1-4H3. The van der Waals surface area contributed by atoms with Crippen LogP contribution in [0.25, 0.3) is 5.76 Å². The maximum absolute atomic E-state index is 13.4. The van der Waals surface area contributed by atoms with Crippen LogP contribution in [0.2, 0.25) is 5.02 Å². The fraction of sp³-hybridized carbons (Fsp3) is 0.321. The van der Waals surface area contributed by atoms with Crippen LogP contribution in [-0.4, -0.2) is 65.7 Å². The minimum Gasteiger partial charge on any atom is -0.507 e. The van der Waals surface area contributed by atoms with E-state index in [2.05, 4.69) is 4.98 Å². The Morgan fingerprint density at radius 3 is 2.31 bits per heavy atom. The minimum absolute atomic E-state index is 0.0721. The number of hydrogen-bond acceptors (Lipinski definition) is 8. The first-order chi connectivity index (χ1) is 18.8. The number of Topliss-reactive ketones (excluding diaryl/α,β-unsaturated/α-hetero) is 1. The van der Waals surface area contributed by atoms with Gasteiger partial charge in [0.1, 0.15) is 11.5 Å². The Labute approximate surface area is 231 Å². The van der Waals surface area contributed by atoms with Gasteiger partial charge in [0.2, 0.25) is 5.75 Å². The highest BCUT2D eigenvalue weighted by atomic mass is 35.5. The van der Waals surface area contributed by atoms with E-state index in [1.54, 1.807) is 36.8 Å². The van der Waals surface area contributed by atoms with Gasteiger partial charge in [-0.1, -0.05) is 11.6 Å². The number of benzene rings is 2. The summed E-state index contributed by atoms with van der Waals surface area (Å²) >= 11 is 6.36. The molecule has 1 N–H and O–H groups in total. The molecule has 0 spiro atoms. The van der Waals surface area contributed by atoms with Crippen LogP contribution >= 0.6 is 11.6 Å². The summed E-state index contributed by atoms with van der Waals surface area (Å²) in [5.74, 6) is -0.387. The summed E-state index contributed by atoms with van der Waals surface area (Å²) < 4.78 is 23.8. The predicted octanol–water partition coefficient (Wildman–Crippen LogP) is 4.47. The van der Waals surface area contributed by atoms with Gasteiger partial charge in [-0.3, -0.25) is 9.59 Å². The second kappa shape index (κ2) is 12.1. The summed E-state index contributed by atoms with van der Waals surface area (Å²) in [5.41, 5.74) is 0.708. The van der Waals surface area contributed by atoms with Crippen molar-refractivity contribution in [1.29, 1.82) is 0 Å². The van der Waals surface area contributed by atoms with E-state index in [1.165, 1.54) is 32.3 Å². The molecule has 1 aromatic heterocycles. The Morgan fingerprint density at radius 2 is 1.74 bits per heavy atom. The molecule has 1 atom stereocenters. The molecule has 3 aromatic rings. The molecule has 39 heavy (non-hydrogen) atoms. The molecular formula is C28H30ClN3O7. The Hall–Kier alpha value is -4.18. The number of aliphatic hydroxyl groups is 1. The van der Waals surface area contributed by atoms with Gasteiger partial charge in [-0.05, 0) is 49.2 Å². The third-order valence-electron chi connectivity index (χ3n) is 6.42. The Bertz CT molecular complexity index is 1360. The number of aromatic nitrogens is 2. The van der Waals surface area contributed by atoms with Gasteiger partial charge in [-0.2, -0.15) is 0 Å². The van der Waals surface area contributed by atoms with E-state index in [-0.39, 0.29) is 28.5 Å². The summed E-state index contributed by atoms with van der Waals surface area (Å²) in [5, 5.41) is 11.7. The Kier molecular flexibility index (Phi) is 8.65. The van der Waals surface area contributed by atoms with Crippen LogP contribution < -0.4 is 18.9 Å². The lowest BCUT2D eigenvalue weighted by atomic mass is 9.94. The zero-order valence-electron chi connectivity index (χ0n) is 22.1. The number of halogens is 1. The number of ether oxygens (including phenoxy) is 4. The zero-order chi connectivity index (χ0) is 28.1. The van der Waals surface area contributed by atoms with Crippen LogP contribution in [-0.2, 0) is 16.1 Å². The number of carbonyl (C=O) groups excluding carboxylic acids is 2. The summed E-state index contributed by atoms with van der Waals surface area (Å²) in [6, 6.07) is 7.10. The van der Waals surface area contributed by atoms with Crippen molar-refractivity contribution in [3.63, 3.8) is 0 Å². The molecule has 2 heterocycles. The molecule has 10 nitrogen and oxygen atoms in total. The monoisotopic (exact) mass is 555 g/mol. The number of imidazole rings is 1. The summed E-state index contributed by atoms with van der Waals surface area (Å²) in [7, 11) is 4.44. The number of aliphatic hydroxyl groups excluding tert-OH is 1. The van der Waals surface area contributed by atoms with Crippen LogP contribution in [0.4, 0.5) is 0 Å². The van der Waals surface area contributed by atoms with Crippen LogP contribution in [0, 0.1) is 0 Å². The lowest BCUT2D eigenvalue weighted by Crippen LogP contribution is -2.31. The Balaban J connectivity index is 1.84. The minimum atomic E-state index is -0.924. The third kappa shape index (κ3) is 5.51. The van der Waals surface area contributed by atoms with Gasteiger partial charge >= 0.3 is 0 Å². The molecule has 1 unspecified atom stereocenters. The van der Waals surface area contributed by atoms with E-state index in [1.807, 2.05) is 17.7 Å². The number of nitrogens with zero attached hydrogens (tertiary/aromatic N) is 3. The molecule has 0 aliphatic carbocycles. The van der Waals surface area contributed by atoms with Crippen molar-refractivity contribution in [3.8, 4) is 23.0 Å². The van der Waals surface area contributed by atoms with Crippen molar-refractivity contribution in [2.45, 2.75) is 25.9 Å². The molecule has 0 saturated carbocycles. The normalized spacial score (nSPS) is 16.4. The SMILES string of the molecule is CCOc1ccc(C(O)=C2C(=O)C(=O)N(CCCn3ccnc3)C2c2cc(OC)c(OC)c(OC)c2)cc1Cl. The van der Waals surface area contributed by atoms with Crippen molar-refractivity contribution < 1.29 is 33.6 Å². The number of methoxy groups -OCH3 is 3. The maximum Gasteiger partial charge on any atom is 0.295 e. The third-order valence-corrected chi connectivity index (χ3v) is 6.72. The van der Waals surface area contributed by atoms with Crippen LogP contribution in [0.15, 0.2) is 54.6 Å². The number of aryl methyl sites for hydroxylation is 1. The topological polar surface area (TPSA) is 112 Å². The van der Waals surface area contributed by atoms with E-state index in [0.29, 0.717) is 48.1 Å².